The van der Waals surface area contributed by atoms with E-state index in [1.165, 1.54) is 0 Å². The quantitative estimate of drug-likeness (QED) is 0.348. The third-order valence-electron chi connectivity index (χ3n) is 5.95. The number of alkyl halides is 3. The van der Waals surface area contributed by atoms with Crippen molar-refractivity contribution in [3.8, 4) is 0 Å². The summed E-state index contributed by atoms with van der Waals surface area (Å²) in [6.45, 7) is 3.34. The first kappa shape index (κ1) is 27.8. The molecule has 3 atom stereocenters. The number of rotatable bonds is 9. The van der Waals surface area contributed by atoms with Gasteiger partial charge in [-0.3, -0.25) is 19.0 Å². The summed E-state index contributed by atoms with van der Waals surface area (Å²) in [6.07, 6.45) is -0.270. The molecular formula is C23H25Br2F3N6O2S. The third-order valence-corrected chi connectivity index (χ3v) is 8.34. The van der Waals surface area contributed by atoms with Crippen LogP contribution in [0.4, 0.5) is 13.2 Å². The topological polar surface area (TPSA) is 93.8 Å². The highest BCUT2D eigenvalue weighted by Gasteiger charge is 2.46. The smallest absolute Gasteiger partial charge is 0.348 e. The van der Waals surface area contributed by atoms with Crippen molar-refractivity contribution in [2.24, 2.45) is 13.0 Å². The number of carbonyl (C=O) groups is 2. The molecule has 0 aliphatic heterocycles. The van der Waals surface area contributed by atoms with Gasteiger partial charge in [0.05, 0.1) is 22.1 Å². The van der Waals surface area contributed by atoms with Crippen LogP contribution in [0.25, 0.3) is 0 Å². The number of hydrogen-bond donors (Lipinski definition) is 2. The number of carbonyl (C=O) groups excluding carboxylic acids is 2. The lowest BCUT2D eigenvalue weighted by Crippen LogP contribution is -2.55. The van der Waals surface area contributed by atoms with Crippen LogP contribution in [0.1, 0.15) is 42.3 Å². The van der Waals surface area contributed by atoms with Crippen molar-refractivity contribution in [3.05, 3.63) is 55.1 Å². The summed E-state index contributed by atoms with van der Waals surface area (Å²) in [5, 5.41) is 13.5. The zero-order chi connectivity index (χ0) is 27.1. The molecule has 14 heteroatoms. The first-order valence-corrected chi connectivity index (χ1v) is 13.8. The van der Waals surface area contributed by atoms with Gasteiger partial charge < -0.3 is 10.6 Å². The zero-order valence-corrected chi connectivity index (χ0v) is 24.1. The van der Waals surface area contributed by atoms with Crippen molar-refractivity contribution in [2.45, 2.75) is 56.9 Å². The predicted molar refractivity (Wildman–Crippen MR) is 139 cm³/mol. The van der Waals surface area contributed by atoms with Crippen LogP contribution in [0.15, 0.2) is 39.0 Å². The van der Waals surface area contributed by atoms with Gasteiger partial charge in [-0.25, -0.2) is 0 Å². The van der Waals surface area contributed by atoms with Gasteiger partial charge in [-0.05, 0) is 69.8 Å². The SMILES string of the molecule is Cn1cc(C[C@@H](NC(=O)[C@@H]2C[C@H]2c2ccc(Br)s2)C(=O)NC(C)(C)Cn2nc(C(F)(F)F)cc2Br)cn1. The molecule has 0 spiro atoms. The fourth-order valence-electron chi connectivity index (χ4n) is 4.11. The van der Waals surface area contributed by atoms with Crippen molar-refractivity contribution in [2.75, 3.05) is 0 Å². The molecule has 1 fully saturated rings. The molecule has 1 saturated carbocycles. The molecule has 0 unspecified atom stereocenters. The van der Waals surface area contributed by atoms with Crippen molar-refractivity contribution >= 4 is 55.0 Å². The van der Waals surface area contributed by atoms with Crippen LogP contribution >= 0.6 is 43.2 Å². The number of aromatic nitrogens is 4. The lowest BCUT2D eigenvalue weighted by atomic mass is 10.0. The Morgan fingerprint density at radius 3 is 2.57 bits per heavy atom. The molecule has 0 aromatic carbocycles. The van der Waals surface area contributed by atoms with Gasteiger partial charge in [0, 0.05) is 42.4 Å². The van der Waals surface area contributed by atoms with Crippen LogP contribution in [0.2, 0.25) is 0 Å². The fourth-order valence-corrected chi connectivity index (χ4v) is 6.13. The first-order valence-electron chi connectivity index (χ1n) is 11.4. The van der Waals surface area contributed by atoms with E-state index in [0.29, 0.717) is 6.42 Å². The highest BCUT2D eigenvalue weighted by Crippen LogP contribution is 2.50. The Hall–Kier alpha value is -2.19. The van der Waals surface area contributed by atoms with Gasteiger partial charge in [-0.1, -0.05) is 0 Å². The molecule has 3 aromatic heterocycles. The molecule has 0 radical (unpaired) electrons. The van der Waals surface area contributed by atoms with Crippen molar-refractivity contribution < 1.29 is 22.8 Å². The molecule has 37 heavy (non-hydrogen) atoms. The summed E-state index contributed by atoms with van der Waals surface area (Å²) in [6, 6.07) is 3.94. The van der Waals surface area contributed by atoms with Gasteiger partial charge in [-0.2, -0.15) is 23.4 Å². The summed E-state index contributed by atoms with van der Waals surface area (Å²) in [5.74, 6) is -0.753. The molecule has 200 valence electrons. The summed E-state index contributed by atoms with van der Waals surface area (Å²) < 4.78 is 43.0. The largest absolute Gasteiger partial charge is 0.435 e. The van der Waals surface area contributed by atoms with Crippen LogP contribution < -0.4 is 10.6 Å². The Bertz CT molecular complexity index is 1300. The van der Waals surface area contributed by atoms with E-state index < -0.39 is 29.4 Å². The van der Waals surface area contributed by atoms with Gasteiger partial charge in [0.1, 0.15) is 10.6 Å². The molecule has 2 amide bonds. The Balaban J connectivity index is 1.45. The molecule has 1 aliphatic carbocycles. The van der Waals surface area contributed by atoms with E-state index >= 15 is 0 Å². The van der Waals surface area contributed by atoms with Crippen LogP contribution in [-0.2, 0) is 35.8 Å². The van der Waals surface area contributed by atoms with Gasteiger partial charge >= 0.3 is 6.18 Å². The summed E-state index contributed by atoms with van der Waals surface area (Å²) >= 11 is 8.14. The van der Waals surface area contributed by atoms with Crippen LogP contribution in [0, 0.1) is 5.92 Å². The number of nitrogens with one attached hydrogen (secondary N) is 2. The van der Waals surface area contributed by atoms with E-state index in [0.717, 1.165) is 25.0 Å². The first-order chi connectivity index (χ1) is 17.2. The molecule has 4 rings (SSSR count). The van der Waals surface area contributed by atoms with E-state index in [9.17, 15) is 22.8 Å². The standard InChI is InChI=1S/C23H25Br2F3N6O2S/c1-22(2,11-34-18(24)8-17(32-34)23(26,27)28)31-21(36)15(6-12-9-29-33(3)10-12)30-20(35)14-7-13(14)16-4-5-19(25)37-16/h4-5,8-10,13-15H,6-7,11H2,1-3H3,(H,30,35)(H,31,36)/t13-,14-,15-/m1/s1. The summed E-state index contributed by atoms with van der Waals surface area (Å²) in [5.41, 5.74) is -1.24. The fraction of sp³-hybridized carbons (Fsp3) is 0.478. The van der Waals surface area contributed by atoms with Gasteiger partial charge in [-0.15, -0.1) is 11.3 Å². The second-order valence-corrected chi connectivity index (χ2v) is 13.1. The molecule has 3 aromatic rings. The number of nitrogens with zero attached hydrogens (tertiary/aromatic N) is 4. The Morgan fingerprint density at radius 2 is 2.00 bits per heavy atom. The molecule has 8 nitrogen and oxygen atoms in total. The minimum Gasteiger partial charge on any atom is -0.348 e. The number of thiophene rings is 1. The molecule has 0 bridgehead atoms. The summed E-state index contributed by atoms with van der Waals surface area (Å²) in [7, 11) is 1.76. The van der Waals surface area contributed by atoms with E-state index in [4.69, 9.17) is 0 Å². The average molecular weight is 666 g/mol. The van der Waals surface area contributed by atoms with Crippen LogP contribution in [0.3, 0.4) is 0 Å². The Morgan fingerprint density at radius 1 is 1.27 bits per heavy atom. The van der Waals surface area contributed by atoms with Crippen molar-refractivity contribution in [1.82, 2.24) is 30.2 Å². The monoisotopic (exact) mass is 664 g/mol. The second kappa shape index (κ2) is 10.5. The van der Waals surface area contributed by atoms with Gasteiger partial charge in [0.15, 0.2) is 5.69 Å². The number of hydrogen-bond acceptors (Lipinski definition) is 5. The Labute approximate surface area is 232 Å². The number of amides is 2. The highest BCUT2D eigenvalue weighted by molar-refractivity contribution is 9.11. The van der Waals surface area contributed by atoms with Gasteiger partial charge in [0.2, 0.25) is 11.8 Å². The highest BCUT2D eigenvalue weighted by atomic mass is 79.9. The van der Waals surface area contributed by atoms with E-state index in [1.807, 2.05) is 12.1 Å². The van der Waals surface area contributed by atoms with E-state index in [2.05, 4.69) is 52.7 Å². The number of aryl methyl sites for hydroxylation is 1. The average Bonchev–Trinajstić information content (AvgIpc) is 3.05. The lowest BCUT2D eigenvalue weighted by molar-refractivity contribution is -0.141. The van der Waals surface area contributed by atoms with E-state index in [1.54, 1.807) is 49.3 Å². The molecule has 2 N–H and O–H groups in total. The second-order valence-electron chi connectivity index (χ2n) is 9.76. The maximum absolute atomic E-state index is 13.4. The normalized spacial score (nSPS) is 18.5. The predicted octanol–water partition coefficient (Wildman–Crippen LogP) is 4.65. The maximum atomic E-state index is 13.4. The zero-order valence-electron chi connectivity index (χ0n) is 20.1. The maximum Gasteiger partial charge on any atom is 0.435 e. The Kier molecular flexibility index (Phi) is 7.92. The molecule has 1 aliphatic rings. The molecular weight excluding hydrogens is 641 g/mol. The minimum atomic E-state index is -4.58. The van der Waals surface area contributed by atoms with E-state index in [-0.39, 0.29) is 35.3 Å². The third kappa shape index (κ3) is 7.02. The summed E-state index contributed by atoms with van der Waals surface area (Å²) in [4.78, 5) is 27.5. The van der Waals surface area contributed by atoms with Crippen LogP contribution in [0.5, 0.6) is 0 Å². The molecule has 0 saturated heterocycles. The van der Waals surface area contributed by atoms with Crippen molar-refractivity contribution in [3.63, 3.8) is 0 Å². The van der Waals surface area contributed by atoms with Crippen LogP contribution in [-0.4, -0.2) is 43.0 Å². The van der Waals surface area contributed by atoms with Gasteiger partial charge in [0.25, 0.3) is 0 Å². The molecule has 3 heterocycles. The van der Waals surface area contributed by atoms with Crippen molar-refractivity contribution in [1.29, 1.82) is 0 Å². The lowest BCUT2D eigenvalue weighted by Gasteiger charge is -2.29. The number of halogens is 5. The minimum absolute atomic E-state index is 0.0269.